The van der Waals surface area contributed by atoms with Crippen LogP contribution in [-0.2, 0) is 14.4 Å². The standard InChI is InChI=1S/C19H20N2O5/c1-20-18(24)17(16(23)12-22)21(26-2)19(25)15-10-8-14(9-11-15)13-6-4-3-5-7-13/h3-11,17,22H,12H2,1-2H3,(H,20,24). The van der Waals surface area contributed by atoms with Gasteiger partial charge in [0.05, 0.1) is 7.11 Å². The summed E-state index contributed by atoms with van der Waals surface area (Å²) in [6.07, 6.45) is 0. The summed E-state index contributed by atoms with van der Waals surface area (Å²) in [6, 6.07) is 14.7. The minimum atomic E-state index is -1.57. The van der Waals surface area contributed by atoms with Gasteiger partial charge in [-0.05, 0) is 23.3 Å². The second-order valence-electron chi connectivity index (χ2n) is 5.40. The van der Waals surface area contributed by atoms with Crippen LogP contribution in [0.3, 0.4) is 0 Å². The predicted molar refractivity (Wildman–Crippen MR) is 95.0 cm³/mol. The molecule has 7 nitrogen and oxygen atoms in total. The van der Waals surface area contributed by atoms with E-state index in [0.29, 0.717) is 5.06 Å². The highest BCUT2D eigenvalue weighted by Crippen LogP contribution is 2.20. The summed E-state index contributed by atoms with van der Waals surface area (Å²) in [5, 5.41) is 12.0. The van der Waals surface area contributed by atoms with Crippen molar-refractivity contribution in [1.82, 2.24) is 10.4 Å². The van der Waals surface area contributed by atoms with Crippen LogP contribution in [0.15, 0.2) is 54.6 Å². The molecule has 0 fully saturated rings. The van der Waals surface area contributed by atoms with Crippen LogP contribution in [0.1, 0.15) is 10.4 Å². The van der Waals surface area contributed by atoms with Crippen molar-refractivity contribution in [3.63, 3.8) is 0 Å². The summed E-state index contributed by atoms with van der Waals surface area (Å²) >= 11 is 0. The Morgan fingerprint density at radius 3 is 2.12 bits per heavy atom. The number of hydroxylamine groups is 2. The van der Waals surface area contributed by atoms with Crippen molar-refractivity contribution in [2.45, 2.75) is 6.04 Å². The highest BCUT2D eigenvalue weighted by molar-refractivity contribution is 6.09. The van der Waals surface area contributed by atoms with E-state index in [-0.39, 0.29) is 5.56 Å². The molecule has 2 N–H and O–H groups in total. The normalized spacial score (nSPS) is 11.5. The quantitative estimate of drug-likeness (QED) is 0.571. The summed E-state index contributed by atoms with van der Waals surface area (Å²) in [7, 11) is 2.50. The third-order valence-electron chi connectivity index (χ3n) is 3.83. The van der Waals surface area contributed by atoms with E-state index in [2.05, 4.69) is 5.32 Å². The van der Waals surface area contributed by atoms with E-state index in [9.17, 15) is 14.4 Å². The molecule has 0 radical (unpaired) electrons. The Morgan fingerprint density at radius 1 is 1.04 bits per heavy atom. The summed E-state index contributed by atoms with van der Waals surface area (Å²) in [5.41, 5.74) is 2.15. The smallest absolute Gasteiger partial charge is 0.278 e. The number of aliphatic hydroxyl groups is 1. The maximum absolute atomic E-state index is 12.7. The predicted octanol–water partition coefficient (Wildman–Crippen LogP) is 1.03. The van der Waals surface area contributed by atoms with Crippen LogP contribution in [0, 0.1) is 0 Å². The molecule has 2 aromatic rings. The number of nitrogens with zero attached hydrogens (tertiary/aromatic N) is 1. The Balaban J connectivity index is 2.29. The molecule has 136 valence electrons. The molecule has 7 heteroatoms. The zero-order valence-corrected chi connectivity index (χ0v) is 14.5. The average molecular weight is 356 g/mol. The van der Waals surface area contributed by atoms with Gasteiger partial charge in [-0.1, -0.05) is 42.5 Å². The summed E-state index contributed by atoms with van der Waals surface area (Å²) in [6.45, 7) is -0.891. The molecule has 0 aliphatic carbocycles. The molecule has 2 aromatic carbocycles. The van der Waals surface area contributed by atoms with Crippen molar-refractivity contribution >= 4 is 17.6 Å². The van der Waals surface area contributed by atoms with E-state index >= 15 is 0 Å². The van der Waals surface area contributed by atoms with E-state index in [0.717, 1.165) is 11.1 Å². The van der Waals surface area contributed by atoms with Crippen molar-refractivity contribution in [2.75, 3.05) is 20.8 Å². The second-order valence-corrected chi connectivity index (χ2v) is 5.40. The number of hydrogen-bond donors (Lipinski definition) is 2. The fourth-order valence-corrected chi connectivity index (χ4v) is 2.48. The van der Waals surface area contributed by atoms with E-state index in [1.807, 2.05) is 30.3 Å². The van der Waals surface area contributed by atoms with E-state index in [4.69, 9.17) is 9.94 Å². The third-order valence-corrected chi connectivity index (χ3v) is 3.83. The number of likely N-dealkylation sites (N-methyl/N-ethyl adjacent to an activating group) is 1. The number of benzene rings is 2. The lowest BCUT2D eigenvalue weighted by Gasteiger charge is -2.26. The Bertz CT molecular complexity index is 758. The van der Waals surface area contributed by atoms with Gasteiger partial charge in [0.2, 0.25) is 0 Å². The first-order valence-corrected chi connectivity index (χ1v) is 7.91. The Hall–Kier alpha value is -3.03. The molecule has 1 atom stereocenters. The van der Waals surface area contributed by atoms with Gasteiger partial charge in [0.25, 0.3) is 11.8 Å². The molecule has 26 heavy (non-hydrogen) atoms. The van der Waals surface area contributed by atoms with Gasteiger partial charge < -0.3 is 10.4 Å². The van der Waals surface area contributed by atoms with Crippen molar-refractivity contribution in [1.29, 1.82) is 0 Å². The largest absolute Gasteiger partial charge is 0.388 e. The Morgan fingerprint density at radius 2 is 1.62 bits per heavy atom. The second kappa shape index (κ2) is 8.89. The number of ketones is 1. The lowest BCUT2D eigenvalue weighted by atomic mass is 10.0. The van der Waals surface area contributed by atoms with Gasteiger partial charge in [-0.15, -0.1) is 0 Å². The summed E-state index contributed by atoms with van der Waals surface area (Å²) in [5.74, 6) is -2.26. The van der Waals surface area contributed by atoms with Gasteiger partial charge in [0.1, 0.15) is 6.61 Å². The molecule has 0 aliphatic heterocycles. The lowest BCUT2D eigenvalue weighted by molar-refractivity contribution is -0.162. The lowest BCUT2D eigenvalue weighted by Crippen LogP contribution is -2.53. The number of nitrogens with one attached hydrogen (secondary N) is 1. The number of amides is 2. The monoisotopic (exact) mass is 356 g/mol. The molecular weight excluding hydrogens is 336 g/mol. The minimum absolute atomic E-state index is 0.242. The molecule has 0 aromatic heterocycles. The first-order valence-electron chi connectivity index (χ1n) is 7.91. The highest BCUT2D eigenvalue weighted by atomic mass is 16.7. The fraction of sp³-hybridized carbons (Fsp3) is 0.211. The van der Waals surface area contributed by atoms with E-state index < -0.39 is 30.2 Å². The molecule has 0 saturated carbocycles. The van der Waals surface area contributed by atoms with Crippen molar-refractivity contribution in [3.05, 3.63) is 60.2 Å². The van der Waals surface area contributed by atoms with E-state index in [1.54, 1.807) is 24.3 Å². The molecule has 0 heterocycles. The molecule has 0 bridgehead atoms. The van der Waals surface area contributed by atoms with Gasteiger partial charge in [-0.3, -0.25) is 19.2 Å². The number of Topliss-reactive ketones (excluding diaryl/α,β-unsaturated/α-hetero) is 1. The first-order chi connectivity index (χ1) is 12.5. The first kappa shape index (κ1) is 19.3. The molecule has 2 amide bonds. The minimum Gasteiger partial charge on any atom is -0.388 e. The highest BCUT2D eigenvalue weighted by Gasteiger charge is 2.36. The Kier molecular flexibility index (Phi) is 6.60. The van der Waals surface area contributed by atoms with Crippen LogP contribution in [0.4, 0.5) is 0 Å². The SMILES string of the molecule is CNC(=O)C(C(=O)CO)N(OC)C(=O)c1ccc(-c2ccccc2)cc1. The Labute approximate surface area is 151 Å². The molecule has 0 saturated heterocycles. The van der Waals surface area contributed by atoms with Crippen LogP contribution >= 0.6 is 0 Å². The maximum atomic E-state index is 12.7. The maximum Gasteiger partial charge on any atom is 0.278 e. The molecule has 2 rings (SSSR count). The van der Waals surface area contributed by atoms with Gasteiger partial charge in [0.15, 0.2) is 11.8 Å². The third kappa shape index (κ3) is 4.14. The van der Waals surface area contributed by atoms with E-state index in [1.165, 1.54) is 14.2 Å². The number of aliphatic hydroxyl groups excluding tert-OH is 1. The summed E-state index contributed by atoms with van der Waals surface area (Å²) < 4.78 is 0. The number of carbonyl (C=O) groups is 3. The van der Waals surface area contributed by atoms with Crippen molar-refractivity contribution in [2.24, 2.45) is 0 Å². The topological polar surface area (TPSA) is 95.9 Å². The van der Waals surface area contributed by atoms with Crippen LogP contribution in [0.25, 0.3) is 11.1 Å². The zero-order chi connectivity index (χ0) is 19.1. The number of carbonyl (C=O) groups excluding carboxylic acids is 3. The van der Waals surface area contributed by atoms with Crippen LogP contribution in [-0.4, -0.2) is 54.6 Å². The van der Waals surface area contributed by atoms with Crippen molar-refractivity contribution < 1.29 is 24.3 Å². The molecule has 0 spiro atoms. The number of hydrogen-bond acceptors (Lipinski definition) is 5. The van der Waals surface area contributed by atoms with Gasteiger partial charge in [-0.25, -0.2) is 0 Å². The zero-order valence-electron chi connectivity index (χ0n) is 14.5. The summed E-state index contributed by atoms with van der Waals surface area (Å²) in [4.78, 5) is 41.5. The van der Waals surface area contributed by atoms with Gasteiger partial charge in [0, 0.05) is 12.6 Å². The molecular formula is C19H20N2O5. The van der Waals surface area contributed by atoms with Gasteiger partial charge >= 0.3 is 0 Å². The molecule has 1 unspecified atom stereocenters. The average Bonchev–Trinajstić information content (AvgIpc) is 2.71. The number of rotatable bonds is 7. The van der Waals surface area contributed by atoms with Crippen LogP contribution < -0.4 is 5.32 Å². The van der Waals surface area contributed by atoms with Gasteiger partial charge in [-0.2, -0.15) is 5.06 Å². The van der Waals surface area contributed by atoms with Crippen molar-refractivity contribution in [3.8, 4) is 11.1 Å². The fourth-order valence-electron chi connectivity index (χ4n) is 2.48. The molecule has 0 aliphatic rings. The van der Waals surface area contributed by atoms with Crippen LogP contribution in [0.5, 0.6) is 0 Å². The van der Waals surface area contributed by atoms with Crippen LogP contribution in [0.2, 0.25) is 0 Å².